The molecule has 0 atom stereocenters. The van der Waals surface area contributed by atoms with Gasteiger partial charge in [-0.3, -0.25) is 14.7 Å². The van der Waals surface area contributed by atoms with Crippen LogP contribution in [-0.4, -0.2) is 27.0 Å². The van der Waals surface area contributed by atoms with Crippen molar-refractivity contribution in [2.75, 3.05) is 6.73 Å². The van der Waals surface area contributed by atoms with Gasteiger partial charge in [-0.15, -0.1) is 0 Å². The molecule has 0 spiro atoms. The molecule has 0 fully saturated rings. The number of pyridine rings is 1. The second kappa shape index (κ2) is 7.35. The summed E-state index contributed by atoms with van der Waals surface area (Å²) in [4.78, 5) is 19.5. The van der Waals surface area contributed by atoms with Crippen molar-refractivity contribution < 1.29 is 14.3 Å². The van der Waals surface area contributed by atoms with Gasteiger partial charge in [-0.25, -0.2) is 0 Å². The van der Waals surface area contributed by atoms with Crippen LogP contribution in [0.2, 0.25) is 0 Å². The van der Waals surface area contributed by atoms with E-state index in [1.165, 1.54) is 0 Å². The Bertz CT molecular complexity index is 1390. The Kier molecular flexibility index (Phi) is 4.33. The molecule has 32 heavy (non-hydrogen) atoms. The van der Waals surface area contributed by atoms with Gasteiger partial charge in [0.1, 0.15) is 18.2 Å². The quantitative estimate of drug-likeness (QED) is 0.453. The van der Waals surface area contributed by atoms with E-state index in [9.17, 15) is 4.79 Å². The van der Waals surface area contributed by atoms with Gasteiger partial charge in [-0.2, -0.15) is 0 Å². The number of ether oxygens (including phenoxy) is 2. The SMILES string of the molecule is Cn1cc(/C=C2\Oc3c(ccc4c3CN(Cc3cccnc3)CO4)C2=O)c2ccccc21. The molecule has 0 saturated heterocycles. The van der Waals surface area contributed by atoms with Crippen molar-refractivity contribution in [2.45, 2.75) is 13.1 Å². The van der Waals surface area contributed by atoms with E-state index in [-0.39, 0.29) is 5.78 Å². The molecule has 4 heterocycles. The number of carbonyl (C=O) groups is 1. The lowest BCUT2D eigenvalue weighted by Gasteiger charge is -2.29. The number of aryl methyl sites for hydroxylation is 1. The number of allylic oxidation sites excluding steroid dienone is 1. The first-order chi connectivity index (χ1) is 15.7. The number of nitrogens with zero attached hydrogens (tertiary/aromatic N) is 3. The predicted octanol–water partition coefficient (Wildman–Crippen LogP) is 4.54. The number of benzene rings is 2. The topological polar surface area (TPSA) is 56.6 Å². The van der Waals surface area contributed by atoms with Crippen molar-refractivity contribution in [3.8, 4) is 11.5 Å². The van der Waals surface area contributed by atoms with Crippen LogP contribution in [0.5, 0.6) is 11.5 Å². The molecule has 0 aliphatic carbocycles. The highest BCUT2D eigenvalue weighted by Crippen LogP contribution is 2.42. The van der Waals surface area contributed by atoms with Gasteiger partial charge in [-0.1, -0.05) is 24.3 Å². The molecule has 0 bridgehead atoms. The first kappa shape index (κ1) is 18.8. The van der Waals surface area contributed by atoms with E-state index in [4.69, 9.17) is 9.47 Å². The van der Waals surface area contributed by atoms with Crippen molar-refractivity contribution in [3.63, 3.8) is 0 Å². The minimum Gasteiger partial charge on any atom is -0.478 e. The number of fused-ring (bicyclic) bond motifs is 4. The fraction of sp³-hybridized carbons (Fsp3) is 0.154. The minimum absolute atomic E-state index is 0.0971. The maximum absolute atomic E-state index is 13.1. The van der Waals surface area contributed by atoms with Gasteiger partial charge in [0.2, 0.25) is 5.78 Å². The fourth-order valence-electron chi connectivity index (χ4n) is 4.48. The van der Waals surface area contributed by atoms with Crippen molar-refractivity contribution in [1.29, 1.82) is 0 Å². The van der Waals surface area contributed by atoms with Crippen LogP contribution in [0.4, 0.5) is 0 Å². The third-order valence-electron chi connectivity index (χ3n) is 6.03. The number of hydrogen-bond acceptors (Lipinski definition) is 5. The molecule has 6 heteroatoms. The summed E-state index contributed by atoms with van der Waals surface area (Å²) in [5.74, 6) is 1.62. The standard InChI is InChI=1S/C26H21N3O3/c1-28-14-18(19-6-2-3-7-22(19)28)11-24-25(30)20-8-9-23-21(26(20)32-24)15-29(16-31-23)13-17-5-4-10-27-12-17/h2-12,14H,13,15-16H2,1H3/b24-11-. The Morgan fingerprint density at radius 2 is 2.03 bits per heavy atom. The molecule has 0 N–H and O–H groups in total. The number of ketones is 1. The Morgan fingerprint density at radius 1 is 1.12 bits per heavy atom. The van der Waals surface area contributed by atoms with E-state index >= 15 is 0 Å². The van der Waals surface area contributed by atoms with E-state index in [0.29, 0.717) is 36.9 Å². The number of para-hydroxylation sites is 1. The molecule has 0 unspecified atom stereocenters. The lowest BCUT2D eigenvalue weighted by molar-refractivity contribution is 0.0872. The maximum atomic E-state index is 13.1. The first-order valence-corrected chi connectivity index (χ1v) is 10.6. The summed E-state index contributed by atoms with van der Waals surface area (Å²) in [6.07, 6.45) is 7.48. The highest BCUT2D eigenvalue weighted by Gasteiger charge is 2.33. The van der Waals surface area contributed by atoms with E-state index in [0.717, 1.165) is 33.3 Å². The number of rotatable bonds is 3. The zero-order valence-electron chi connectivity index (χ0n) is 17.6. The average molecular weight is 423 g/mol. The molecular weight excluding hydrogens is 402 g/mol. The second-order valence-corrected chi connectivity index (χ2v) is 8.19. The van der Waals surface area contributed by atoms with Crippen LogP contribution < -0.4 is 9.47 Å². The van der Waals surface area contributed by atoms with Crippen LogP contribution in [0.3, 0.4) is 0 Å². The molecule has 158 valence electrons. The van der Waals surface area contributed by atoms with Gasteiger partial charge in [0.15, 0.2) is 5.76 Å². The molecule has 2 aromatic carbocycles. The summed E-state index contributed by atoms with van der Waals surface area (Å²) in [7, 11) is 2.00. The number of carbonyl (C=O) groups excluding carboxylic acids is 1. The highest BCUT2D eigenvalue weighted by molar-refractivity contribution is 6.15. The normalized spacial score (nSPS) is 16.7. The number of hydrogen-bond donors (Lipinski definition) is 0. The van der Waals surface area contributed by atoms with Crippen LogP contribution in [0.15, 0.2) is 72.9 Å². The summed E-state index contributed by atoms with van der Waals surface area (Å²) >= 11 is 0. The van der Waals surface area contributed by atoms with Gasteiger partial charge in [0.25, 0.3) is 0 Å². The molecule has 4 aromatic rings. The van der Waals surface area contributed by atoms with Crippen LogP contribution in [0, 0.1) is 0 Å². The molecule has 0 amide bonds. The van der Waals surface area contributed by atoms with Gasteiger partial charge >= 0.3 is 0 Å². The summed E-state index contributed by atoms with van der Waals surface area (Å²) in [6, 6.07) is 15.8. The first-order valence-electron chi connectivity index (χ1n) is 10.6. The molecule has 6 nitrogen and oxygen atoms in total. The maximum Gasteiger partial charge on any atom is 0.231 e. The lowest BCUT2D eigenvalue weighted by Crippen LogP contribution is -2.31. The molecule has 2 aliphatic heterocycles. The van der Waals surface area contributed by atoms with E-state index in [2.05, 4.69) is 26.6 Å². The summed E-state index contributed by atoms with van der Waals surface area (Å²) in [6.45, 7) is 1.83. The third kappa shape index (κ3) is 3.08. The van der Waals surface area contributed by atoms with Gasteiger partial charge in [-0.05, 0) is 35.9 Å². The molecular formula is C26H21N3O3. The van der Waals surface area contributed by atoms with Crippen molar-refractivity contribution in [2.24, 2.45) is 7.05 Å². The van der Waals surface area contributed by atoms with Crippen molar-refractivity contribution in [3.05, 3.63) is 95.1 Å². The Hall–Kier alpha value is -3.90. The molecule has 0 saturated carbocycles. The number of Topliss-reactive ketones (excluding diaryl/α,β-unsaturated/α-hetero) is 1. The van der Waals surface area contributed by atoms with Gasteiger partial charge in [0, 0.05) is 55.2 Å². The summed E-state index contributed by atoms with van der Waals surface area (Å²) in [5.41, 5.74) is 4.68. The largest absolute Gasteiger partial charge is 0.478 e. The average Bonchev–Trinajstić information content (AvgIpc) is 3.32. The highest BCUT2D eigenvalue weighted by atomic mass is 16.5. The van der Waals surface area contributed by atoms with Crippen LogP contribution in [0.1, 0.15) is 27.0 Å². The van der Waals surface area contributed by atoms with Crippen LogP contribution in [-0.2, 0) is 20.1 Å². The smallest absolute Gasteiger partial charge is 0.231 e. The van der Waals surface area contributed by atoms with Crippen molar-refractivity contribution in [1.82, 2.24) is 14.5 Å². The van der Waals surface area contributed by atoms with Crippen LogP contribution >= 0.6 is 0 Å². The molecule has 2 aromatic heterocycles. The minimum atomic E-state index is -0.0971. The number of aromatic nitrogens is 2. The predicted molar refractivity (Wildman–Crippen MR) is 121 cm³/mol. The zero-order chi connectivity index (χ0) is 21.7. The third-order valence-corrected chi connectivity index (χ3v) is 6.03. The monoisotopic (exact) mass is 423 g/mol. The summed E-state index contributed by atoms with van der Waals surface area (Å²) in [5, 5.41) is 1.09. The second-order valence-electron chi connectivity index (χ2n) is 8.19. The van der Waals surface area contributed by atoms with E-state index < -0.39 is 0 Å². The van der Waals surface area contributed by atoms with E-state index in [1.54, 1.807) is 12.3 Å². The zero-order valence-corrected chi connectivity index (χ0v) is 17.6. The van der Waals surface area contributed by atoms with Crippen molar-refractivity contribution >= 4 is 22.8 Å². The fourth-order valence-corrected chi connectivity index (χ4v) is 4.48. The van der Waals surface area contributed by atoms with Gasteiger partial charge in [0.05, 0.1) is 11.1 Å². The van der Waals surface area contributed by atoms with Crippen LogP contribution in [0.25, 0.3) is 17.0 Å². The Labute approximate surface area is 185 Å². The lowest BCUT2D eigenvalue weighted by atomic mass is 10.0. The van der Waals surface area contributed by atoms with E-state index in [1.807, 2.05) is 55.8 Å². The Morgan fingerprint density at radius 3 is 2.91 bits per heavy atom. The Balaban J connectivity index is 1.33. The van der Waals surface area contributed by atoms with Gasteiger partial charge < -0.3 is 14.0 Å². The molecule has 6 rings (SSSR count). The summed E-state index contributed by atoms with van der Waals surface area (Å²) < 4.78 is 14.2. The molecule has 0 radical (unpaired) electrons. The molecule has 2 aliphatic rings.